The zero-order chi connectivity index (χ0) is 12.3. The topological polar surface area (TPSA) is 26.3 Å². The van der Waals surface area contributed by atoms with E-state index in [1.165, 1.54) is 0 Å². The number of rotatable bonds is 4. The van der Waals surface area contributed by atoms with E-state index in [1.807, 2.05) is 24.3 Å². The summed E-state index contributed by atoms with van der Waals surface area (Å²) >= 11 is 0. The third-order valence-electron chi connectivity index (χ3n) is 3.19. The van der Waals surface area contributed by atoms with E-state index >= 15 is 0 Å². The van der Waals surface area contributed by atoms with Crippen molar-refractivity contribution in [2.75, 3.05) is 6.61 Å². The molecule has 0 saturated carbocycles. The molecular formula is C15H16O2. The van der Waals surface area contributed by atoms with Crippen LogP contribution in [0.2, 0.25) is 0 Å². The molecule has 0 saturated heterocycles. The first-order chi connectivity index (χ1) is 8.23. The van der Waals surface area contributed by atoms with E-state index in [-0.39, 0.29) is 5.78 Å². The summed E-state index contributed by atoms with van der Waals surface area (Å²) in [4.78, 5) is 12.5. The van der Waals surface area contributed by atoms with Gasteiger partial charge in [0.15, 0.2) is 5.78 Å². The smallest absolute Gasteiger partial charge is 0.176 e. The van der Waals surface area contributed by atoms with Crippen LogP contribution >= 0.6 is 0 Å². The molecule has 1 heterocycles. The van der Waals surface area contributed by atoms with E-state index < -0.39 is 5.41 Å². The van der Waals surface area contributed by atoms with Crippen LogP contribution in [0.3, 0.4) is 0 Å². The van der Waals surface area contributed by atoms with Crippen molar-refractivity contribution >= 4 is 5.78 Å². The number of carbonyl (C=O) groups excluding carboxylic acids is 1. The van der Waals surface area contributed by atoms with Gasteiger partial charge in [-0.15, -0.1) is 13.2 Å². The Balaban J connectivity index is 2.43. The van der Waals surface area contributed by atoms with Crippen LogP contribution in [-0.4, -0.2) is 12.4 Å². The minimum absolute atomic E-state index is 0.138. The van der Waals surface area contributed by atoms with Gasteiger partial charge in [-0.05, 0) is 25.0 Å². The molecule has 1 aromatic rings. The first kappa shape index (κ1) is 11.6. The SMILES string of the molecule is C=CCC1(CC=C)COc2ccccc2C1=O. The summed E-state index contributed by atoms with van der Waals surface area (Å²) in [5.41, 5.74) is 0.153. The largest absolute Gasteiger partial charge is 0.492 e. The van der Waals surface area contributed by atoms with Gasteiger partial charge in [-0.2, -0.15) is 0 Å². The third kappa shape index (κ3) is 1.91. The lowest BCUT2D eigenvalue weighted by Gasteiger charge is -2.35. The zero-order valence-electron chi connectivity index (χ0n) is 9.82. The van der Waals surface area contributed by atoms with Gasteiger partial charge in [-0.1, -0.05) is 24.3 Å². The number of Topliss-reactive ketones (excluding diaryl/α,β-unsaturated/α-hetero) is 1. The molecule has 2 rings (SSSR count). The van der Waals surface area contributed by atoms with E-state index in [2.05, 4.69) is 13.2 Å². The van der Waals surface area contributed by atoms with Crippen LogP contribution in [0.1, 0.15) is 23.2 Å². The van der Waals surface area contributed by atoms with Crippen LogP contribution < -0.4 is 4.74 Å². The van der Waals surface area contributed by atoms with E-state index in [1.54, 1.807) is 12.2 Å². The van der Waals surface area contributed by atoms with Gasteiger partial charge in [0.05, 0.1) is 11.0 Å². The van der Waals surface area contributed by atoms with Gasteiger partial charge in [0.1, 0.15) is 12.4 Å². The summed E-state index contributed by atoms with van der Waals surface area (Å²) in [7, 11) is 0. The predicted octanol–water partition coefficient (Wildman–Crippen LogP) is 3.40. The van der Waals surface area contributed by atoms with Crippen LogP contribution in [0, 0.1) is 5.41 Å². The molecule has 1 aliphatic rings. The normalized spacial score (nSPS) is 16.8. The molecule has 0 N–H and O–H groups in total. The minimum atomic E-state index is -0.516. The van der Waals surface area contributed by atoms with Gasteiger partial charge in [-0.3, -0.25) is 4.79 Å². The second kappa shape index (κ2) is 4.58. The lowest BCUT2D eigenvalue weighted by Crippen LogP contribution is -2.40. The Labute approximate surface area is 102 Å². The molecule has 2 heteroatoms. The number of ketones is 1. The van der Waals surface area contributed by atoms with Crippen LogP contribution in [-0.2, 0) is 0 Å². The Morgan fingerprint density at radius 3 is 2.53 bits per heavy atom. The summed E-state index contributed by atoms with van der Waals surface area (Å²) in [6.07, 6.45) is 4.79. The highest BCUT2D eigenvalue weighted by Crippen LogP contribution is 2.39. The number of carbonyl (C=O) groups is 1. The van der Waals surface area contributed by atoms with Gasteiger partial charge >= 0.3 is 0 Å². The number of hydrogen-bond donors (Lipinski definition) is 0. The van der Waals surface area contributed by atoms with Crippen molar-refractivity contribution in [2.24, 2.45) is 5.41 Å². The Morgan fingerprint density at radius 1 is 1.24 bits per heavy atom. The van der Waals surface area contributed by atoms with E-state index in [0.29, 0.717) is 30.8 Å². The van der Waals surface area contributed by atoms with Crippen LogP contribution in [0.25, 0.3) is 0 Å². The number of benzene rings is 1. The molecule has 0 atom stereocenters. The second-order valence-electron chi connectivity index (χ2n) is 4.38. The van der Waals surface area contributed by atoms with Crippen LogP contribution in [0.4, 0.5) is 0 Å². The molecule has 88 valence electrons. The van der Waals surface area contributed by atoms with Crippen molar-refractivity contribution in [3.8, 4) is 5.75 Å². The Hall–Kier alpha value is -1.83. The summed E-state index contributed by atoms with van der Waals surface area (Å²) in [5.74, 6) is 0.820. The van der Waals surface area contributed by atoms with Crippen molar-refractivity contribution in [1.82, 2.24) is 0 Å². The molecule has 0 spiro atoms. The summed E-state index contributed by atoms with van der Waals surface area (Å²) in [6.45, 7) is 7.86. The number of allylic oxidation sites excluding steroid dienone is 2. The molecule has 0 aliphatic carbocycles. The predicted molar refractivity (Wildman–Crippen MR) is 68.3 cm³/mol. The van der Waals surface area contributed by atoms with Crippen molar-refractivity contribution in [3.05, 3.63) is 55.1 Å². The minimum Gasteiger partial charge on any atom is -0.492 e. The molecule has 17 heavy (non-hydrogen) atoms. The van der Waals surface area contributed by atoms with Gasteiger partial charge < -0.3 is 4.74 Å². The van der Waals surface area contributed by atoms with Crippen molar-refractivity contribution in [3.63, 3.8) is 0 Å². The van der Waals surface area contributed by atoms with Gasteiger partial charge in [-0.25, -0.2) is 0 Å². The first-order valence-electron chi connectivity index (χ1n) is 5.72. The van der Waals surface area contributed by atoms with Gasteiger partial charge in [0, 0.05) is 0 Å². The van der Waals surface area contributed by atoms with Crippen molar-refractivity contribution in [2.45, 2.75) is 12.8 Å². The van der Waals surface area contributed by atoms with E-state index in [4.69, 9.17) is 4.74 Å². The molecule has 0 aromatic heterocycles. The standard InChI is InChI=1S/C15H16O2/c1-3-9-15(10-4-2)11-17-13-8-6-5-7-12(13)14(15)16/h3-8H,1-2,9-11H2. The molecule has 0 fully saturated rings. The van der Waals surface area contributed by atoms with Gasteiger partial charge in [0.2, 0.25) is 0 Å². The first-order valence-corrected chi connectivity index (χ1v) is 5.72. The van der Waals surface area contributed by atoms with Crippen molar-refractivity contribution < 1.29 is 9.53 Å². The molecule has 2 nitrogen and oxygen atoms in total. The molecule has 0 radical (unpaired) electrons. The lowest BCUT2D eigenvalue weighted by molar-refractivity contribution is 0.0618. The monoisotopic (exact) mass is 228 g/mol. The van der Waals surface area contributed by atoms with E-state index in [0.717, 1.165) is 0 Å². The second-order valence-corrected chi connectivity index (χ2v) is 4.38. The summed E-state index contributed by atoms with van der Waals surface area (Å²) in [5, 5.41) is 0. The average molecular weight is 228 g/mol. The average Bonchev–Trinajstić information content (AvgIpc) is 2.35. The fourth-order valence-corrected chi connectivity index (χ4v) is 2.29. The lowest BCUT2D eigenvalue weighted by atomic mass is 9.74. The highest BCUT2D eigenvalue weighted by molar-refractivity contribution is 6.04. The molecule has 1 aromatic carbocycles. The summed E-state index contributed by atoms with van der Waals surface area (Å²) in [6, 6.07) is 7.38. The number of para-hydroxylation sites is 1. The third-order valence-corrected chi connectivity index (χ3v) is 3.19. The fourth-order valence-electron chi connectivity index (χ4n) is 2.29. The number of hydrogen-bond acceptors (Lipinski definition) is 2. The zero-order valence-corrected chi connectivity index (χ0v) is 9.82. The highest BCUT2D eigenvalue weighted by atomic mass is 16.5. The quantitative estimate of drug-likeness (QED) is 0.738. The number of fused-ring (bicyclic) bond motifs is 1. The Morgan fingerprint density at radius 2 is 1.88 bits per heavy atom. The Kier molecular flexibility index (Phi) is 3.14. The van der Waals surface area contributed by atoms with Crippen molar-refractivity contribution in [1.29, 1.82) is 0 Å². The molecular weight excluding hydrogens is 212 g/mol. The van der Waals surface area contributed by atoms with Gasteiger partial charge in [0.25, 0.3) is 0 Å². The molecule has 0 unspecified atom stereocenters. The molecule has 0 amide bonds. The molecule has 0 bridgehead atoms. The maximum Gasteiger partial charge on any atom is 0.176 e. The van der Waals surface area contributed by atoms with Crippen LogP contribution in [0.15, 0.2) is 49.6 Å². The maximum atomic E-state index is 12.5. The maximum absolute atomic E-state index is 12.5. The number of ether oxygens (including phenoxy) is 1. The summed E-state index contributed by atoms with van der Waals surface area (Å²) < 4.78 is 5.70. The van der Waals surface area contributed by atoms with E-state index in [9.17, 15) is 4.79 Å². The Bertz CT molecular complexity index is 450. The highest BCUT2D eigenvalue weighted by Gasteiger charge is 2.41. The fraction of sp³-hybridized carbons (Fsp3) is 0.267. The molecule has 1 aliphatic heterocycles. The van der Waals surface area contributed by atoms with Crippen LogP contribution in [0.5, 0.6) is 5.75 Å².